The SMILES string of the molecule is CCCCCCCCCCCCCCCCCC(CCCCCCCCCCCCCCCCC)N(CC(=O)N(CCCN)CCCN)C(=O)CNC(=O)[C@@H](N)CCCN. The van der Waals surface area contributed by atoms with Gasteiger partial charge in [0.1, 0.15) is 6.54 Å². The highest BCUT2D eigenvalue weighted by Crippen LogP contribution is 2.21. The maximum Gasteiger partial charge on any atom is 0.242 e. The van der Waals surface area contributed by atoms with Crippen molar-refractivity contribution in [1.82, 2.24) is 15.1 Å². The van der Waals surface area contributed by atoms with Gasteiger partial charge in [-0.1, -0.05) is 206 Å². The van der Waals surface area contributed by atoms with Crippen LogP contribution >= 0.6 is 0 Å². The first kappa shape index (κ1) is 58.2. The third kappa shape index (κ3) is 35.8. The molecule has 60 heavy (non-hydrogen) atoms. The fourth-order valence-electron chi connectivity index (χ4n) is 8.41. The second-order valence-electron chi connectivity index (χ2n) is 18.1. The summed E-state index contributed by atoms with van der Waals surface area (Å²) in [5, 5.41) is 2.79. The Kier molecular flexibility index (Phi) is 44.0. The van der Waals surface area contributed by atoms with E-state index in [0.29, 0.717) is 58.4 Å². The molecule has 0 unspecified atom stereocenters. The van der Waals surface area contributed by atoms with E-state index in [1.807, 2.05) is 4.90 Å². The fourth-order valence-corrected chi connectivity index (χ4v) is 8.41. The molecule has 0 bridgehead atoms. The summed E-state index contributed by atoms with van der Waals surface area (Å²) < 4.78 is 0. The minimum atomic E-state index is -0.712. The van der Waals surface area contributed by atoms with Crippen LogP contribution in [-0.4, -0.2) is 85.4 Å². The maximum absolute atomic E-state index is 14.1. The molecule has 0 saturated heterocycles. The normalized spacial score (nSPS) is 12.0. The summed E-state index contributed by atoms with van der Waals surface area (Å²) in [4.78, 5) is 44.4. The molecule has 0 saturated carbocycles. The van der Waals surface area contributed by atoms with Gasteiger partial charge in [0.15, 0.2) is 0 Å². The molecule has 0 aromatic heterocycles. The largest absolute Gasteiger partial charge is 0.346 e. The van der Waals surface area contributed by atoms with E-state index in [2.05, 4.69) is 19.2 Å². The van der Waals surface area contributed by atoms with E-state index in [4.69, 9.17) is 22.9 Å². The molecule has 0 aliphatic carbocycles. The predicted molar refractivity (Wildman–Crippen MR) is 258 cm³/mol. The first-order valence-corrected chi connectivity index (χ1v) is 26.1. The van der Waals surface area contributed by atoms with E-state index in [0.717, 1.165) is 38.5 Å². The Morgan fingerprint density at radius 2 is 0.767 bits per heavy atom. The molecule has 0 heterocycles. The molecule has 3 amide bonds. The van der Waals surface area contributed by atoms with Crippen molar-refractivity contribution in [3.63, 3.8) is 0 Å². The number of nitrogens with one attached hydrogen (secondary N) is 1. The van der Waals surface area contributed by atoms with Gasteiger partial charge in [-0.2, -0.15) is 0 Å². The number of unbranched alkanes of at least 4 members (excludes halogenated alkanes) is 28. The third-order valence-electron chi connectivity index (χ3n) is 12.4. The van der Waals surface area contributed by atoms with Gasteiger partial charge in [0, 0.05) is 19.1 Å². The van der Waals surface area contributed by atoms with Gasteiger partial charge in [-0.05, 0) is 58.2 Å². The molecular weight excluding hydrogens is 747 g/mol. The zero-order valence-corrected chi connectivity index (χ0v) is 40.0. The molecule has 356 valence electrons. The Bertz CT molecular complexity index is 913. The number of carbonyl (C=O) groups is 3. The molecule has 0 spiro atoms. The number of hydrogen-bond acceptors (Lipinski definition) is 7. The smallest absolute Gasteiger partial charge is 0.242 e. The molecule has 0 aromatic rings. The van der Waals surface area contributed by atoms with Gasteiger partial charge in [-0.3, -0.25) is 14.4 Å². The Morgan fingerprint density at radius 1 is 0.433 bits per heavy atom. The molecule has 10 heteroatoms. The standard InChI is InChI=1S/C50H103N7O3/c1-3-5-7-9-11-13-15-17-19-21-23-25-27-29-31-36-46(37-32-30-28-26-24-22-20-18-16-14-12-10-8-6-4-2)57(45-49(59)56(42-34-40-52)43-35-41-53)48(58)44-55-50(60)47(54)38-33-39-51/h46-47H,3-45,51-54H2,1-2H3,(H,55,60)/t47-/m0/s1. The van der Waals surface area contributed by atoms with Crippen LogP contribution in [0.4, 0.5) is 0 Å². The summed E-state index contributed by atoms with van der Waals surface area (Å²) >= 11 is 0. The van der Waals surface area contributed by atoms with Crippen LogP contribution in [0.2, 0.25) is 0 Å². The highest BCUT2D eigenvalue weighted by atomic mass is 16.2. The molecular formula is C50H103N7O3. The maximum atomic E-state index is 14.1. The Hall–Kier alpha value is -1.75. The minimum Gasteiger partial charge on any atom is -0.346 e. The summed E-state index contributed by atoms with van der Waals surface area (Å²) in [5.74, 6) is -0.640. The Morgan fingerprint density at radius 3 is 1.10 bits per heavy atom. The second kappa shape index (κ2) is 45.3. The Labute approximate surface area is 372 Å². The van der Waals surface area contributed by atoms with E-state index < -0.39 is 6.04 Å². The van der Waals surface area contributed by atoms with E-state index >= 15 is 0 Å². The van der Waals surface area contributed by atoms with E-state index in [1.54, 1.807) is 4.90 Å². The lowest BCUT2D eigenvalue weighted by Crippen LogP contribution is -2.52. The monoisotopic (exact) mass is 850 g/mol. The number of amides is 3. The van der Waals surface area contributed by atoms with Gasteiger partial charge >= 0.3 is 0 Å². The van der Waals surface area contributed by atoms with Crippen molar-refractivity contribution in [2.24, 2.45) is 22.9 Å². The highest BCUT2D eigenvalue weighted by molar-refractivity contribution is 5.89. The molecule has 9 N–H and O–H groups in total. The lowest BCUT2D eigenvalue weighted by atomic mass is 9.98. The number of carbonyl (C=O) groups excluding carboxylic acids is 3. The van der Waals surface area contributed by atoms with Crippen LogP contribution in [0.25, 0.3) is 0 Å². The number of nitrogens with zero attached hydrogens (tertiary/aromatic N) is 2. The number of nitrogens with two attached hydrogens (primary N) is 4. The molecule has 0 radical (unpaired) electrons. The summed E-state index contributed by atoms with van der Waals surface area (Å²) in [5.41, 5.74) is 23.4. The lowest BCUT2D eigenvalue weighted by molar-refractivity contribution is -0.143. The number of rotatable bonds is 47. The Balaban J connectivity index is 5.34. The van der Waals surface area contributed by atoms with Crippen LogP contribution < -0.4 is 28.3 Å². The average Bonchev–Trinajstić information content (AvgIpc) is 3.25. The van der Waals surface area contributed by atoms with Gasteiger partial charge in [-0.25, -0.2) is 0 Å². The van der Waals surface area contributed by atoms with Crippen LogP contribution in [0, 0.1) is 0 Å². The molecule has 0 aromatic carbocycles. The lowest BCUT2D eigenvalue weighted by Gasteiger charge is -2.34. The van der Waals surface area contributed by atoms with Gasteiger partial charge in [0.25, 0.3) is 0 Å². The van der Waals surface area contributed by atoms with Crippen LogP contribution in [0.5, 0.6) is 0 Å². The fraction of sp³-hybridized carbons (Fsp3) is 0.940. The third-order valence-corrected chi connectivity index (χ3v) is 12.4. The quantitative estimate of drug-likeness (QED) is 0.0379. The molecule has 0 fully saturated rings. The molecule has 10 nitrogen and oxygen atoms in total. The van der Waals surface area contributed by atoms with Crippen LogP contribution in [-0.2, 0) is 14.4 Å². The second-order valence-corrected chi connectivity index (χ2v) is 18.1. The van der Waals surface area contributed by atoms with Gasteiger partial charge in [0.2, 0.25) is 17.7 Å². The van der Waals surface area contributed by atoms with Crippen LogP contribution in [0.1, 0.15) is 245 Å². The number of hydrogen-bond donors (Lipinski definition) is 5. The first-order valence-electron chi connectivity index (χ1n) is 26.1. The van der Waals surface area contributed by atoms with E-state index in [9.17, 15) is 14.4 Å². The summed E-state index contributed by atoms with van der Waals surface area (Å²) in [7, 11) is 0. The predicted octanol–water partition coefficient (Wildman–Crippen LogP) is 10.4. The highest BCUT2D eigenvalue weighted by Gasteiger charge is 2.28. The van der Waals surface area contributed by atoms with Crippen LogP contribution in [0.15, 0.2) is 0 Å². The summed E-state index contributed by atoms with van der Waals surface area (Å²) in [6.45, 7) is 6.94. The van der Waals surface area contributed by atoms with Crippen molar-refractivity contribution < 1.29 is 14.4 Å². The zero-order valence-electron chi connectivity index (χ0n) is 40.0. The average molecular weight is 850 g/mol. The topological polar surface area (TPSA) is 174 Å². The van der Waals surface area contributed by atoms with E-state index in [1.165, 1.54) is 167 Å². The van der Waals surface area contributed by atoms with Crippen molar-refractivity contribution in [2.75, 3.05) is 45.8 Å². The van der Waals surface area contributed by atoms with Crippen molar-refractivity contribution in [2.45, 2.75) is 257 Å². The first-order chi connectivity index (χ1) is 29.4. The van der Waals surface area contributed by atoms with Gasteiger partial charge in [-0.15, -0.1) is 0 Å². The van der Waals surface area contributed by atoms with E-state index in [-0.39, 0.29) is 36.9 Å². The van der Waals surface area contributed by atoms with Gasteiger partial charge in [0.05, 0.1) is 12.6 Å². The minimum absolute atomic E-state index is 0.00518. The zero-order chi connectivity index (χ0) is 44.2. The molecule has 0 aliphatic rings. The van der Waals surface area contributed by atoms with Crippen molar-refractivity contribution in [1.29, 1.82) is 0 Å². The van der Waals surface area contributed by atoms with Crippen molar-refractivity contribution >= 4 is 17.7 Å². The molecule has 0 rings (SSSR count). The van der Waals surface area contributed by atoms with Crippen molar-refractivity contribution in [3.05, 3.63) is 0 Å². The van der Waals surface area contributed by atoms with Gasteiger partial charge < -0.3 is 38.1 Å². The molecule has 1 atom stereocenters. The van der Waals surface area contributed by atoms with Crippen molar-refractivity contribution in [3.8, 4) is 0 Å². The summed E-state index contributed by atoms with van der Waals surface area (Å²) in [6, 6.07) is -0.769. The summed E-state index contributed by atoms with van der Waals surface area (Å²) in [6.07, 6.45) is 43.5. The molecule has 0 aliphatic heterocycles. The van der Waals surface area contributed by atoms with Crippen LogP contribution in [0.3, 0.4) is 0 Å².